The highest BCUT2D eigenvalue weighted by molar-refractivity contribution is 7.98. The first-order chi connectivity index (χ1) is 9.65. The number of hydrogen-bond donors (Lipinski definition) is 2. The van der Waals surface area contributed by atoms with Crippen LogP contribution in [-0.2, 0) is 0 Å². The van der Waals surface area contributed by atoms with Crippen molar-refractivity contribution in [2.75, 3.05) is 18.6 Å². The number of hydrogen-bond acceptors (Lipinski definition) is 4. The Morgan fingerprint density at radius 1 is 1.10 bits per heavy atom. The van der Waals surface area contributed by atoms with E-state index in [1.165, 1.54) is 11.3 Å². The summed E-state index contributed by atoms with van der Waals surface area (Å²) >= 11 is 2.95. The molecular formula is C14H14N2O2S2. The molecule has 0 spiro atoms. The molecule has 0 aliphatic carbocycles. The van der Waals surface area contributed by atoms with Gasteiger partial charge in [0.25, 0.3) is 11.8 Å². The highest BCUT2D eigenvalue weighted by Gasteiger charge is 2.14. The quantitative estimate of drug-likeness (QED) is 0.854. The van der Waals surface area contributed by atoms with Crippen LogP contribution >= 0.6 is 23.1 Å². The fourth-order valence-electron chi connectivity index (χ4n) is 1.64. The van der Waals surface area contributed by atoms with E-state index in [4.69, 9.17) is 0 Å². The lowest BCUT2D eigenvalue weighted by Crippen LogP contribution is -2.20. The Kier molecular flexibility index (Phi) is 4.81. The highest BCUT2D eigenvalue weighted by atomic mass is 32.2. The van der Waals surface area contributed by atoms with Crippen LogP contribution in [0, 0.1) is 0 Å². The molecule has 2 rings (SSSR count). The van der Waals surface area contributed by atoms with E-state index in [-0.39, 0.29) is 11.8 Å². The molecule has 6 heteroatoms. The molecule has 20 heavy (non-hydrogen) atoms. The van der Waals surface area contributed by atoms with Gasteiger partial charge in [0.1, 0.15) is 5.00 Å². The molecule has 0 aliphatic heterocycles. The number of anilines is 1. The van der Waals surface area contributed by atoms with Crippen LogP contribution in [0.5, 0.6) is 0 Å². The number of thiophene rings is 1. The smallest absolute Gasteiger partial charge is 0.256 e. The molecule has 1 heterocycles. The van der Waals surface area contributed by atoms with Gasteiger partial charge in [-0.05, 0) is 42.0 Å². The number of carbonyl (C=O) groups is 2. The summed E-state index contributed by atoms with van der Waals surface area (Å²) < 4.78 is 0. The first-order valence-corrected chi connectivity index (χ1v) is 8.01. The summed E-state index contributed by atoms with van der Waals surface area (Å²) in [6.07, 6.45) is 1.98. The minimum Gasteiger partial charge on any atom is -0.355 e. The lowest BCUT2D eigenvalue weighted by atomic mass is 10.2. The van der Waals surface area contributed by atoms with E-state index in [9.17, 15) is 9.59 Å². The van der Waals surface area contributed by atoms with Crippen LogP contribution in [0.15, 0.2) is 40.6 Å². The first-order valence-electron chi connectivity index (χ1n) is 5.90. The van der Waals surface area contributed by atoms with E-state index in [0.29, 0.717) is 16.1 Å². The Hall–Kier alpha value is -1.79. The Morgan fingerprint density at radius 3 is 2.40 bits per heavy atom. The number of nitrogens with one attached hydrogen (secondary N) is 2. The maximum Gasteiger partial charge on any atom is 0.256 e. The topological polar surface area (TPSA) is 58.2 Å². The minimum absolute atomic E-state index is 0.209. The third kappa shape index (κ3) is 3.20. The van der Waals surface area contributed by atoms with Gasteiger partial charge < -0.3 is 10.6 Å². The largest absolute Gasteiger partial charge is 0.355 e. The van der Waals surface area contributed by atoms with Crippen LogP contribution in [0.1, 0.15) is 20.7 Å². The van der Waals surface area contributed by atoms with Crippen molar-refractivity contribution in [3.05, 3.63) is 46.8 Å². The van der Waals surface area contributed by atoms with Crippen molar-refractivity contribution in [3.63, 3.8) is 0 Å². The van der Waals surface area contributed by atoms with Gasteiger partial charge >= 0.3 is 0 Å². The monoisotopic (exact) mass is 306 g/mol. The van der Waals surface area contributed by atoms with Crippen molar-refractivity contribution in [1.29, 1.82) is 0 Å². The van der Waals surface area contributed by atoms with Crippen molar-refractivity contribution in [2.24, 2.45) is 0 Å². The van der Waals surface area contributed by atoms with Crippen LogP contribution in [0.25, 0.3) is 0 Å². The van der Waals surface area contributed by atoms with Gasteiger partial charge in [-0.15, -0.1) is 23.1 Å². The molecule has 2 aromatic rings. The normalized spacial score (nSPS) is 10.1. The second-order valence-corrected chi connectivity index (χ2v) is 5.72. The number of benzene rings is 1. The van der Waals surface area contributed by atoms with E-state index in [1.807, 2.05) is 18.4 Å². The highest BCUT2D eigenvalue weighted by Crippen LogP contribution is 2.24. The van der Waals surface area contributed by atoms with Gasteiger partial charge in [-0.2, -0.15) is 0 Å². The predicted molar refractivity (Wildman–Crippen MR) is 83.9 cm³/mol. The van der Waals surface area contributed by atoms with E-state index < -0.39 is 0 Å². The van der Waals surface area contributed by atoms with Gasteiger partial charge in [0.05, 0.1) is 5.56 Å². The third-order valence-corrected chi connectivity index (χ3v) is 4.29. The molecule has 0 unspecified atom stereocenters. The fourth-order valence-corrected chi connectivity index (χ4v) is 2.83. The van der Waals surface area contributed by atoms with E-state index in [1.54, 1.807) is 42.4 Å². The molecule has 0 fully saturated rings. The van der Waals surface area contributed by atoms with Crippen LogP contribution < -0.4 is 10.6 Å². The molecule has 0 aliphatic rings. The van der Waals surface area contributed by atoms with Crippen LogP contribution in [0.2, 0.25) is 0 Å². The average molecular weight is 306 g/mol. The Labute approximate surface area is 125 Å². The van der Waals surface area contributed by atoms with Gasteiger partial charge in [-0.25, -0.2) is 0 Å². The molecule has 2 N–H and O–H groups in total. The molecule has 0 radical (unpaired) electrons. The predicted octanol–water partition coefficient (Wildman–Crippen LogP) is 3.08. The maximum absolute atomic E-state index is 12.1. The first kappa shape index (κ1) is 14.6. The maximum atomic E-state index is 12.1. The van der Waals surface area contributed by atoms with Gasteiger partial charge in [0.2, 0.25) is 0 Å². The zero-order valence-electron chi connectivity index (χ0n) is 11.1. The molecule has 4 nitrogen and oxygen atoms in total. The molecule has 0 saturated carbocycles. The molecule has 0 atom stereocenters. The van der Waals surface area contributed by atoms with Gasteiger partial charge in [-0.1, -0.05) is 0 Å². The molecule has 1 aromatic carbocycles. The summed E-state index contributed by atoms with van der Waals surface area (Å²) in [6.45, 7) is 0. The molecule has 2 amide bonds. The fraction of sp³-hybridized carbons (Fsp3) is 0.143. The number of amides is 2. The SMILES string of the molecule is CNC(=O)c1ccsc1NC(=O)c1ccc(SC)cc1. The minimum atomic E-state index is -0.217. The van der Waals surface area contributed by atoms with Crippen molar-refractivity contribution in [2.45, 2.75) is 4.90 Å². The van der Waals surface area contributed by atoms with Crippen molar-refractivity contribution in [1.82, 2.24) is 5.32 Å². The number of rotatable bonds is 4. The Bertz CT molecular complexity index is 620. The average Bonchev–Trinajstić information content (AvgIpc) is 2.94. The summed E-state index contributed by atoms with van der Waals surface area (Å²) in [5.74, 6) is -0.426. The summed E-state index contributed by atoms with van der Waals surface area (Å²) in [4.78, 5) is 24.9. The second-order valence-electron chi connectivity index (χ2n) is 3.93. The second kappa shape index (κ2) is 6.58. The summed E-state index contributed by atoms with van der Waals surface area (Å²) in [7, 11) is 1.56. The molecular weight excluding hydrogens is 292 g/mol. The summed E-state index contributed by atoms with van der Waals surface area (Å²) in [5, 5.41) is 7.65. The summed E-state index contributed by atoms with van der Waals surface area (Å²) in [5.41, 5.74) is 1.05. The van der Waals surface area contributed by atoms with Crippen molar-refractivity contribution < 1.29 is 9.59 Å². The van der Waals surface area contributed by atoms with E-state index in [2.05, 4.69) is 10.6 Å². The van der Waals surface area contributed by atoms with Gasteiger partial charge in [0.15, 0.2) is 0 Å². The van der Waals surface area contributed by atoms with Crippen LogP contribution in [0.3, 0.4) is 0 Å². The standard InChI is InChI=1S/C14H14N2O2S2/c1-15-13(18)11-7-8-20-14(11)16-12(17)9-3-5-10(19-2)6-4-9/h3-8H,1-2H3,(H,15,18)(H,16,17). The van der Waals surface area contributed by atoms with E-state index in [0.717, 1.165) is 4.90 Å². The summed E-state index contributed by atoms with van der Waals surface area (Å²) in [6, 6.07) is 9.03. The molecule has 104 valence electrons. The molecule has 0 bridgehead atoms. The number of carbonyl (C=O) groups excluding carboxylic acids is 2. The molecule has 1 aromatic heterocycles. The van der Waals surface area contributed by atoms with Crippen molar-refractivity contribution >= 4 is 39.9 Å². The zero-order chi connectivity index (χ0) is 14.5. The zero-order valence-corrected chi connectivity index (χ0v) is 12.7. The van der Waals surface area contributed by atoms with Gasteiger partial charge in [0, 0.05) is 17.5 Å². The Morgan fingerprint density at radius 2 is 1.80 bits per heavy atom. The van der Waals surface area contributed by atoms with Crippen LogP contribution in [0.4, 0.5) is 5.00 Å². The Balaban J connectivity index is 2.15. The van der Waals surface area contributed by atoms with Crippen LogP contribution in [-0.4, -0.2) is 25.1 Å². The van der Waals surface area contributed by atoms with E-state index >= 15 is 0 Å². The van der Waals surface area contributed by atoms with Gasteiger partial charge in [-0.3, -0.25) is 9.59 Å². The van der Waals surface area contributed by atoms with Crippen molar-refractivity contribution in [3.8, 4) is 0 Å². The molecule has 0 saturated heterocycles. The lowest BCUT2D eigenvalue weighted by Gasteiger charge is -2.06. The lowest BCUT2D eigenvalue weighted by molar-refractivity contribution is 0.0964. The third-order valence-electron chi connectivity index (χ3n) is 2.72. The number of thioether (sulfide) groups is 1.